The van der Waals surface area contributed by atoms with Crippen molar-refractivity contribution in [3.8, 4) is 5.75 Å². The molecular weight excluding hydrogens is 328 g/mol. The topological polar surface area (TPSA) is 69.6 Å². The van der Waals surface area contributed by atoms with Crippen molar-refractivity contribution in [1.82, 2.24) is 0 Å². The summed E-state index contributed by atoms with van der Waals surface area (Å²) in [7, 11) is 0. The predicted octanol–water partition coefficient (Wildman–Crippen LogP) is 3.85. The zero-order chi connectivity index (χ0) is 19.1. The van der Waals surface area contributed by atoms with Gasteiger partial charge in [-0.1, -0.05) is 26.8 Å². The molecule has 0 saturated heterocycles. The third-order valence-corrected chi connectivity index (χ3v) is 4.73. The van der Waals surface area contributed by atoms with Crippen LogP contribution in [0.1, 0.15) is 49.2 Å². The monoisotopic (exact) mass is 352 g/mol. The summed E-state index contributed by atoms with van der Waals surface area (Å²) in [6.45, 7) is 8.41. The third-order valence-electron chi connectivity index (χ3n) is 4.73. The molecule has 2 amide bonds. The van der Waals surface area contributed by atoms with Crippen molar-refractivity contribution in [3.05, 3.63) is 53.1 Å². The van der Waals surface area contributed by atoms with Gasteiger partial charge in [-0.15, -0.1) is 0 Å². The molecule has 5 heteroatoms. The van der Waals surface area contributed by atoms with Gasteiger partial charge in [0.1, 0.15) is 5.75 Å². The summed E-state index contributed by atoms with van der Waals surface area (Å²) in [6.07, 6.45) is 0.737. The molecular formula is C21H24N2O3. The van der Waals surface area contributed by atoms with Gasteiger partial charge in [-0.25, -0.2) is 0 Å². The predicted molar refractivity (Wildman–Crippen MR) is 103 cm³/mol. The second-order valence-corrected chi connectivity index (χ2v) is 7.70. The molecule has 0 atom stereocenters. The van der Waals surface area contributed by atoms with Gasteiger partial charge in [-0.05, 0) is 53.3 Å². The Bertz CT molecular complexity index is 881. The van der Waals surface area contributed by atoms with Gasteiger partial charge in [0.25, 0.3) is 5.91 Å². The molecule has 2 aromatic rings. The van der Waals surface area contributed by atoms with Crippen LogP contribution in [0.25, 0.3) is 0 Å². The van der Waals surface area contributed by atoms with E-state index in [1.54, 1.807) is 30.0 Å². The molecule has 0 fully saturated rings. The number of phenolic OH excluding ortho intramolecular Hbond substituents is 1. The van der Waals surface area contributed by atoms with Crippen LogP contribution in [0.5, 0.6) is 5.75 Å². The summed E-state index contributed by atoms with van der Waals surface area (Å²) < 4.78 is 0. The number of carbonyl (C=O) groups excluding carboxylic acids is 2. The van der Waals surface area contributed by atoms with E-state index in [9.17, 15) is 14.7 Å². The molecule has 2 N–H and O–H groups in total. The normalized spacial score (nSPS) is 13.5. The second-order valence-electron chi connectivity index (χ2n) is 7.70. The summed E-state index contributed by atoms with van der Waals surface area (Å²) >= 11 is 0. The molecule has 0 radical (unpaired) electrons. The average molecular weight is 352 g/mol. The van der Waals surface area contributed by atoms with Gasteiger partial charge in [0.05, 0.1) is 5.69 Å². The SMILES string of the molecule is CC(=O)N1CCc2cc(C(=O)Nc3cc(C(C)(C)C)ccc3O)ccc21. The molecule has 136 valence electrons. The zero-order valence-corrected chi connectivity index (χ0v) is 15.6. The second kappa shape index (κ2) is 6.48. The zero-order valence-electron chi connectivity index (χ0n) is 15.6. The molecule has 1 aliphatic rings. The van der Waals surface area contributed by atoms with Crippen LogP contribution < -0.4 is 10.2 Å². The Morgan fingerprint density at radius 2 is 1.85 bits per heavy atom. The number of nitrogens with zero attached hydrogens (tertiary/aromatic N) is 1. The van der Waals surface area contributed by atoms with E-state index >= 15 is 0 Å². The summed E-state index contributed by atoms with van der Waals surface area (Å²) in [6, 6.07) is 10.6. The van der Waals surface area contributed by atoms with Crippen molar-refractivity contribution in [2.75, 3.05) is 16.8 Å². The number of anilines is 2. The summed E-state index contributed by atoms with van der Waals surface area (Å²) in [4.78, 5) is 26.0. The first-order valence-electron chi connectivity index (χ1n) is 8.72. The lowest BCUT2D eigenvalue weighted by Crippen LogP contribution is -2.25. The molecule has 1 aliphatic heterocycles. The van der Waals surface area contributed by atoms with Crippen LogP contribution in [0.4, 0.5) is 11.4 Å². The van der Waals surface area contributed by atoms with Gasteiger partial charge >= 0.3 is 0 Å². The number of fused-ring (bicyclic) bond motifs is 1. The van der Waals surface area contributed by atoms with E-state index < -0.39 is 0 Å². The van der Waals surface area contributed by atoms with Crippen molar-refractivity contribution in [3.63, 3.8) is 0 Å². The van der Waals surface area contributed by atoms with E-state index in [4.69, 9.17) is 0 Å². The minimum Gasteiger partial charge on any atom is -0.506 e. The van der Waals surface area contributed by atoms with Crippen molar-refractivity contribution < 1.29 is 14.7 Å². The lowest BCUT2D eigenvalue weighted by atomic mass is 9.87. The minimum atomic E-state index is -0.282. The maximum atomic E-state index is 12.6. The molecule has 0 saturated carbocycles. The largest absolute Gasteiger partial charge is 0.506 e. The number of carbonyl (C=O) groups is 2. The number of rotatable bonds is 2. The summed E-state index contributed by atoms with van der Waals surface area (Å²) in [5.41, 5.74) is 3.70. The van der Waals surface area contributed by atoms with E-state index in [0.29, 0.717) is 17.8 Å². The molecule has 1 heterocycles. The van der Waals surface area contributed by atoms with E-state index in [-0.39, 0.29) is 23.0 Å². The number of benzene rings is 2. The van der Waals surface area contributed by atoms with Gasteiger partial charge < -0.3 is 15.3 Å². The van der Waals surface area contributed by atoms with E-state index in [0.717, 1.165) is 23.2 Å². The summed E-state index contributed by atoms with van der Waals surface area (Å²) in [5.74, 6) is -0.240. The molecule has 26 heavy (non-hydrogen) atoms. The number of nitrogens with one attached hydrogen (secondary N) is 1. The number of hydrogen-bond acceptors (Lipinski definition) is 3. The summed E-state index contributed by atoms with van der Waals surface area (Å²) in [5, 5.41) is 12.9. The molecule has 0 aromatic heterocycles. The molecule has 0 aliphatic carbocycles. The number of amides is 2. The van der Waals surface area contributed by atoms with Crippen molar-refractivity contribution in [2.45, 2.75) is 39.5 Å². The van der Waals surface area contributed by atoms with E-state index in [2.05, 4.69) is 26.1 Å². The Morgan fingerprint density at radius 3 is 2.50 bits per heavy atom. The Morgan fingerprint density at radius 1 is 1.12 bits per heavy atom. The average Bonchev–Trinajstić information content (AvgIpc) is 2.99. The highest BCUT2D eigenvalue weighted by Crippen LogP contribution is 2.32. The quantitative estimate of drug-likeness (QED) is 0.807. The smallest absolute Gasteiger partial charge is 0.255 e. The van der Waals surface area contributed by atoms with E-state index in [1.807, 2.05) is 18.2 Å². The standard InChI is InChI=1S/C21H24N2O3/c1-13(24)23-10-9-14-11-15(5-7-18(14)23)20(26)22-17-12-16(21(2,3)4)6-8-19(17)25/h5-8,11-12,25H,9-10H2,1-4H3,(H,22,26). The fourth-order valence-corrected chi connectivity index (χ4v) is 3.17. The fourth-order valence-electron chi connectivity index (χ4n) is 3.17. The molecule has 5 nitrogen and oxygen atoms in total. The highest BCUT2D eigenvalue weighted by Gasteiger charge is 2.23. The fraction of sp³-hybridized carbons (Fsp3) is 0.333. The van der Waals surface area contributed by atoms with Gasteiger partial charge in [-0.3, -0.25) is 9.59 Å². The maximum Gasteiger partial charge on any atom is 0.255 e. The van der Waals surface area contributed by atoms with Gasteiger partial charge in [-0.2, -0.15) is 0 Å². The molecule has 3 rings (SSSR count). The van der Waals surface area contributed by atoms with Crippen molar-refractivity contribution >= 4 is 23.2 Å². The number of hydrogen-bond donors (Lipinski definition) is 2. The lowest BCUT2D eigenvalue weighted by molar-refractivity contribution is -0.116. The number of phenols is 1. The number of aromatic hydroxyl groups is 1. The van der Waals surface area contributed by atoms with Crippen LogP contribution in [0.3, 0.4) is 0 Å². The van der Waals surface area contributed by atoms with Crippen molar-refractivity contribution in [2.24, 2.45) is 0 Å². The highest BCUT2D eigenvalue weighted by molar-refractivity contribution is 6.06. The first-order valence-corrected chi connectivity index (χ1v) is 8.72. The first kappa shape index (κ1) is 18.0. The van der Waals surface area contributed by atoms with Crippen LogP contribution in [0, 0.1) is 0 Å². The van der Waals surface area contributed by atoms with Crippen LogP contribution in [-0.2, 0) is 16.6 Å². The van der Waals surface area contributed by atoms with Crippen molar-refractivity contribution in [1.29, 1.82) is 0 Å². The molecule has 2 aromatic carbocycles. The Balaban J connectivity index is 1.85. The molecule has 0 unspecified atom stereocenters. The van der Waals surface area contributed by atoms with E-state index in [1.165, 1.54) is 0 Å². The molecule has 0 spiro atoms. The minimum absolute atomic E-state index is 0.00451. The highest BCUT2D eigenvalue weighted by atomic mass is 16.3. The van der Waals surface area contributed by atoms with Gasteiger partial charge in [0, 0.05) is 24.7 Å². The van der Waals surface area contributed by atoms with Crippen LogP contribution in [0.15, 0.2) is 36.4 Å². The maximum absolute atomic E-state index is 12.6. The third kappa shape index (κ3) is 3.43. The van der Waals surface area contributed by atoms with Crippen LogP contribution >= 0.6 is 0 Å². The van der Waals surface area contributed by atoms with Gasteiger partial charge in [0.2, 0.25) is 5.91 Å². The van der Waals surface area contributed by atoms with Crippen LogP contribution in [-0.4, -0.2) is 23.5 Å². The first-order chi connectivity index (χ1) is 12.2. The Kier molecular flexibility index (Phi) is 4.48. The Hall–Kier alpha value is -2.82. The molecule has 0 bridgehead atoms. The Labute approximate surface area is 153 Å². The van der Waals surface area contributed by atoms with Crippen LogP contribution in [0.2, 0.25) is 0 Å². The van der Waals surface area contributed by atoms with Gasteiger partial charge in [0.15, 0.2) is 0 Å². The lowest BCUT2D eigenvalue weighted by Gasteiger charge is -2.20.